The van der Waals surface area contributed by atoms with Crippen molar-refractivity contribution in [3.8, 4) is 6.07 Å². The van der Waals surface area contributed by atoms with Gasteiger partial charge in [-0.05, 0) is 6.42 Å². The first-order chi connectivity index (χ1) is 6.02. The predicted octanol–water partition coefficient (Wildman–Crippen LogP) is 0.822. The highest BCUT2D eigenvalue weighted by atomic mass is 16.5. The second kappa shape index (κ2) is 4.93. The van der Waals surface area contributed by atoms with Gasteiger partial charge >= 0.3 is 11.9 Å². The van der Waals surface area contributed by atoms with Crippen LogP contribution in [0, 0.1) is 11.3 Å². The largest absolute Gasteiger partial charge is 0.478 e. The molecule has 0 saturated carbocycles. The summed E-state index contributed by atoms with van der Waals surface area (Å²) in [5.41, 5.74) is -0.197. The molecule has 0 rings (SSSR count). The van der Waals surface area contributed by atoms with Gasteiger partial charge in [-0.25, -0.2) is 4.79 Å². The molecule has 5 heteroatoms. The Labute approximate surface area is 75.2 Å². The van der Waals surface area contributed by atoms with Crippen molar-refractivity contribution < 1.29 is 19.4 Å². The van der Waals surface area contributed by atoms with E-state index in [-0.39, 0.29) is 12.0 Å². The van der Waals surface area contributed by atoms with Gasteiger partial charge in [0.05, 0.1) is 5.57 Å². The summed E-state index contributed by atoms with van der Waals surface area (Å²) < 4.78 is 4.41. The van der Waals surface area contributed by atoms with Crippen LogP contribution in [0.2, 0.25) is 0 Å². The second-order valence-corrected chi connectivity index (χ2v) is 2.17. The number of esters is 1. The minimum absolute atomic E-state index is 0.130. The fourth-order valence-electron chi connectivity index (χ4n) is 0.705. The van der Waals surface area contributed by atoms with Crippen LogP contribution in [0.4, 0.5) is 0 Å². The van der Waals surface area contributed by atoms with E-state index >= 15 is 0 Å². The van der Waals surface area contributed by atoms with Gasteiger partial charge in [-0.15, -0.1) is 0 Å². The van der Waals surface area contributed by atoms with Crippen molar-refractivity contribution in [3.05, 3.63) is 11.3 Å². The number of hydrogen-bond donors (Lipinski definition) is 1. The highest BCUT2D eigenvalue weighted by molar-refractivity contribution is 5.88. The van der Waals surface area contributed by atoms with Gasteiger partial charge < -0.3 is 9.84 Å². The Morgan fingerprint density at radius 2 is 2.08 bits per heavy atom. The van der Waals surface area contributed by atoms with Crippen molar-refractivity contribution in [2.24, 2.45) is 0 Å². The Bertz CT molecular complexity index is 298. The molecule has 0 aliphatic heterocycles. The van der Waals surface area contributed by atoms with Crippen molar-refractivity contribution in [3.63, 3.8) is 0 Å². The zero-order valence-electron chi connectivity index (χ0n) is 7.33. The lowest BCUT2D eigenvalue weighted by Crippen LogP contribution is -2.07. The minimum atomic E-state index is -1.25. The van der Waals surface area contributed by atoms with Gasteiger partial charge in [-0.1, -0.05) is 6.92 Å². The Morgan fingerprint density at radius 3 is 2.31 bits per heavy atom. The van der Waals surface area contributed by atoms with E-state index in [1.54, 1.807) is 6.92 Å². The van der Waals surface area contributed by atoms with Crippen molar-refractivity contribution >= 4 is 11.9 Å². The number of allylic oxidation sites excluding steroid dienone is 1. The normalized spacial score (nSPS) is 11.2. The van der Waals surface area contributed by atoms with Crippen LogP contribution >= 0.6 is 0 Å². The van der Waals surface area contributed by atoms with E-state index in [9.17, 15) is 9.59 Å². The van der Waals surface area contributed by atoms with E-state index in [2.05, 4.69) is 4.74 Å². The van der Waals surface area contributed by atoms with Crippen LogP contribution in [0.1, 0.15) is 20.3 Å². The van der Waals surface area contributed by atoms with Crippen LogP contribution < -0.4 is 0 Å². The number of nitriles is 1. The summed E-state index contributed by atoms with van der Waals surface area (Å²) in [5.74, 6) is -2.40. The maximum Gasteiger partial charge on any atom is 0.336 e. The zero-order valence-corrected chi connectivity index (χ0v) is 7.33. The fourth-order valence-corrected chi connectivity index (χ4v) is 0.705. The molecule has 70 valence electrons. The van der Waals surface area contributed by atoms with Crippen molar-refractivity contribution in [2.45, 2.75) is 20.3 Å². The molecule has 0 atom stereocenters. The highest BCUT2D eigenvalue weighted by Crippen LogP contribution is 2.09. The van der Waals surface area contributed by atoms with Crippen LogP contribution in [0.5, 0.6) is 0 Å². The Balaban J connectivity index is 4.97. The maximum absolute atomic E-state index is 10.5. The molecule has 0 aromatic carbocycles. The average molecular weight is 183 g/mol. The van der Waals surface area contributed by atoms with Crippen LogP contribution in [0.3, 0.4) is 0 Å². The van der Waals surface area contributed by atoms with E-state index in [4.69, 9.17) is 10.4 Å². The lowest BCUT2D eigenvalue weighted by molar-refractivity contribution is -0.136. The fraction of sp³-hybridized carbons (Fsp3) is 0.375. The molecule has 13 heavy (non-hydrogen) atoms. The number of nitrogens with zero attached hydrogens (tertiary/aromatic N) is 1. The van der Waals surface area contributed by atoms with Gasteiger partial charge in [0.25, 0.3) is 0 Å². The summed E-state index contributed by atoms with van der Waals surface area (Å²) in [6.45, 7) is 2.66. The molecular formula is C8H9NO4. The molecule has 5 nitrogen and oxygen atoms in total. The zero-order chi connectivity index (χ0) is 10.4. The molecule has 0 heterocycles. The summed E-state index contributed by atoms with van der Waals surface area (Å²) in [6, 6.07) is 1.52. The van der Waals surface area contributed by atoms with Crippen molar-refractivity contribution in [1.82, 2.24) is 0 Å². The standard InChI is InChI=1S/C8H9NO4/c1-3-6(8(11)12)7(4-9)13-5(2)10/h3H2,1-2H3,(H,11,12). The molecule has 0 fully saturated rings. The smallest absolute Gasteiger partial charge is 0.336 e. The van der Waals surface area contributed by atoms with E-state index in [0.717, 1.165) is 6.92 Å². The molecule has 1 N–H and O–H groups in total. The third-order valence-corrected chi connectivity index (χ3v) is 1.23. The van der Waals surface area contributed by atoms with E-state index in [1.807, 2.05) is 0 Å². The molecule has 0 aromatic heterocycles. The molecule has 0 aromatic rings. The van der Waals surface area contributed by atoms with Gasteiger partial charge in [0.2, 0.25) is 5.76 Å². The topological polar surface area (TPSA) is 87.4 Å². The maximum atomic E-state index is 10.5. The first kappa shape index (κ1) is 11.2. The first-order valence-electron chi connectivity index (χ1n) is 3.57. The number of rotatable bonds is 3. The summed E-state index contributed by atoms with van der Waals surface area (Å²) in [4.78, 5) is 21.0. The van der Waals surface area contributed by atoms with Gasteiger partial charge in [0, 0.05) is 6.92 Å². The number of hydrogen-bond acceptors (Lipinski definition) is 4. The lowest BCUT2D eigenvalue weighted by atomic mass is 10.2. The van der Waals surface area contributed by atoms with Gasteiger partial charge in [0.15, 0.2) is 0 Å². The van der Waals surface area contributed by atoms with Crippen molar-refractivity contribution in [1.29, 1.82) is 5.26 Å². The molecule has 0 amide bonds. The first-order valence-corrected chi connectivity index (χ1v) is 3.57. The van der Waals surface area contributed by atoms with Gasteiger partial charge in [0.1, 0.15) is 6.07 Å². The number of carboxylic acids is 1. The molecule has 0 spiro atoms. The lowest BCUT2D eigenvalue weighted by Gasteiger charge is -2.02. The Morgan fingerprint density at radius 1 is 1.54 bits per heavy atom. The average Bonchev–Trinajstić information content (AvgIpc) is 2.02. The van der Waals surface area contributed by atoms with Crippen LogP contribution in [0.25, 0.3) is 0 Å². The predicted molar refractivity (Wildman–Crippen MR) is 42.3 cm³/mol. The SMILES string of the molecule is CCC(C(=O)O)=C(C#N)OC(C)=O. The molecule has 0 unspecified atom stereocenters. The number of carboxylic acid groups (broad SMARTS) is 1. The van der Waals surface area contributed by atoms with E-state index in [1.165, 1.54) is 6.07 Å². The molecule has 0 bridgehead atoms. The highest BCUT2D eigenvalue weighted by Gasteiger charge is 2.14. The van der Waals surface area contributed by atoms with Gasteiger partial charge in [-0.3, -0.25) is 4.79 Å². The van der Waals surface area contributed by atoms with Crippen LogP contribution in [-0.4, -0.2) is 17.0 Å². The van der Waals surface area contributed by atoms with Crippen LogP contribution in [-0.2, 0) is 14.3 Å². The summed E-state index contributed by atoms with van der Waals surface area (Å²) in [5, 5.41) is 17.1. The summed E-state index contributed by atoms with van der Waals surface area (Å²) in [7, 11) is 0. The Hall–Kier alpha value is -1.83. The molecule has 0 saturated heterocycles. The van der Waals surface area contributed by atoms with E-state index in [0.29, 0.717) is 0 Å². The molecule has 0 aliphatic rings. The monoisotopic (exact) mass is 183 g/mol. The number of aliphatic carboxylic acids is 1. The van der Waals surface area contributed by atoms with Gasteiger partial charge in [-0.2, -0.15) is 5.26 Å². The van der Waals surface area contributed by atoms with Crippen LogP contribution in [0.15, 0.2) is 11.3 Å². The molecular weight excluding hydrogens is 174 g/mol. The third kappa shape index (κ3) is 3.38. The number of carbonyl (C=O) groups is 2. The van der Waals surface area contributed by atoms with Crippen molar-refractivity contribution in [2.75, 3.05) is 0 Å². The summed E-state index contributed by atoms with van der Waals surface area (Å²) in [6.07, 6.45) is 0.130. The summed E-state index contributed by atoms with van der Waals surface area (Å²) >= 11 is 0. The molecule has 0 aliphatic carbocycles. The number of carbonyl (C=O) groups excluding carboxylic acids is 1. The quantitative estimate of drug-likeness (QED) is 0.303. The Kier molecular flexibility index (Phi) is 4.24. The van der Waals surface area contributed by atoms with E-state index < -0.39 is 17.7 Å². The number of ether oxygens (including phenoxy) is 1. The minimum Gasteiger partial charge on any atom is -0.478 e. The third-order valence-electron chi connectivity index (χ3n) is 1.23. The molecule has 0 radical (unpaired) electrons. The second-order valence-electron chi connectivity index (χ2n) is 2.17.